The van der Waals surface area contributed by atoms with E-state index in [9.17, 15) is 4.79 Å². The Balaban J connectivity index is 2.31. The van der Waals surface area contributed by atoms with E-state index in [-0.39, 0.29) is 18.4 Å². The Kier molecular flexibility index (Phi) is 3.27. The van der Waals surface area contributed by atoms with Gasteiger partial charge in [0, 0.05) is 18.9 Å². The summed E-state index contributed by atoms with van der Waals surface area (Å²) in [5.74, 6) is 1.30. The number of Topliss-reactive ketones (excluding diaryl/α,β-unsaturated/α-hetero) is 1. The van der Waals surface area contributed by atoms with E-state index in [4.69, 9.17) is 5.11 Å². The molecule has 1 fully saturated rings. The molecule has 12 heavy (non-hydrogen) atoms. The second-order valence-corrected chi connectivity index (χ2v) is 4.11. The molecule has 0 bridgehead atoms. The fraction of sp³-hybridized carbons (Fsp3) is 0.900. The summed E-state index contributed by atoms with van der Waals surface area (Å²) in [6, 6.07) is 0. The molecule has 0 aromatic carbocycles. The zero-order chi connectivity index (χ0) is 9.14. The van der Waals surface area contributed by atoms with Crippen LogP contribution in [0.25, 0.3) is 0 Å². The molecular weight excluding hydrogens is 152 g/mol. The molecule has 0 amide bonds. The van der Waals surface area contributed by atoms with Crippen LogP contribution in [0.4, 0.5) is 0 Å². The van der Waals surface area contributed by atoms with Gasteiger partial charge < -0.3 is 5.11 Å². The molecular formula is C10H18O2. The molecule has 1 rings (SSSR count). The first kappa shape index (κ1) is 9.72. The molecule has 1 aliphatic rings. The van der Waals surface area contributed by atoms with Gasteiger partial charge in [-0.15, -0.1) is 0 Å². The van der Waals surface area contributed by atoms with Gasteiger partial charge in [-0.05, 0) is 24.7 Å². The van der Waals surface area contributed by atoms with Crippen molar-refractivity contribution in [1.29, 1.82) is 0 Å². The standard InChI is InChI=1S/C10H18O2/c1-7(2)10(12)5-9(6-11)8-3-4-8/h7-9,11H,3-6H2,1-2H3. The van der Waals surface area contributed by atoms with Gasteiger partial charge in [0.15, 0.2) is 0 Å². The van der Waals surface area contributed by atoms with Gasteiger partial charge in [0.25, 0.3) is 0 Å². The Hall–Kier alpha value is -0.370. The van der Waals surface area contributed by atoms with E-state index in [1.165, 1.54) is 12.8 Å². The molecule has 0 aliphatic heterocycles. The normalized spacial score (nSPS) is 19.7. The highest BCUT2D eigenvalue weighted by Crippen LogP contribution is 2.38. The van der Waals surface area contributed by atoms with E-state index in [0.29, 0.717) is 18.1 Å². The van der Waals surface area contributed by atoms with Gasteiger partial charge in [0.05, 0.1) is 0 Å². The lowest BCUT2D eigenvalue weighted by Gasteiger charge is -2.12. The quantitative estimate of drug-likeness (QED) is 0.680. The molecule has 2 nitrogen and oxygen atoms in total. The molecule has 0 spiro atoms. The second kappa shape index (κ2) is 4.04. The molecule has 0 saturated heterocycles. The number of rotatable bonds is 5. The predicted molar refractivity (Wildman–Crippen MR) is 47.8 cm³/mol. The number of hydrogen-bond donors (Lipinski definition) is 1. The monoisotopic (exact) mass is 170 g/mol. The summed E-state index contributed by atoms with van der Waals surface area (Å²) in [7, 11) is 0. The Morgan fingerprint density at radius 2 is 2.08 bits per heavy atom. The summed E-state index contributed by atoms with van der Waals surface area (Å²) in [6.45, 7) is 4.02. The summed E-state index contributed by atoms with van der Waals surface area (Å²) in [5, 5.41) is 9.01. The lowest BCUT2D eigenvalue weighted by Crippen LogP contribution is -2.17. The minimum atomic E-state index is 0.123. The molecule has 1 saturated carbocycles. The molecule has 1 N–H and O–H groups in total. The zero-order valence-electron chi connectivity index (χ0n) is 7.92. The number of carbonyl (C=O) groups excluding carboxylic acids is 1. The van der Waals surface area contributed by atoms with E-state index < -0.39 is 0 Å². The van der Waals surface area contributed by atoms with Gasteiger partial charge in [-0.25, -0.2) is 0 Å². The lowest BCUT2D eigenvalue weighted by atomic mass is 9.93. The summed E-state index contributed by atoms with van der Waals surface area (Å²) < 4.78 is 0. The largest absolute Gasteiger partial charge is 0.396 e. The summed E-state index contributed by atoms with van der Waals surface area (Å²) in [5.41, 5.74) is 0. The Morgan fingerprint density at radius 3 is 2.42 bits per heavy atom. The van der Waals surface area contributed by atoms with Crippen LogP contribution in [0.5, 0.6) is 0 Å². The van der Waals surface area contributed by atoms with Gasteiger partial charge in [-0.2, -0.15) is 0 Å². The summed E-state index contributed by atoms with van der Waals surface area (Å²) in [4.78, 5) is 11.3. The number of aliphatic hydroxyl groups is 1. The van der Waals surface area contributed by atoms with Gasteiger partial charge in [-0.3, -0.25) is 4.79 Å². The SMILES string of the molecule is CC(C)C(=O)CC(CO)C1CC1. The van der Waals surface area contributed by atoms with E-state index in [0.717, 1.165) is 0 Å². The highest BCUT2D eigenvalue weighted by atomic mass is 16.3. The van der Waals surface area contributed by atoms with Crippen LogP contribution in [-0.2, 0) is 4.79 Å². The van der Waals surface area contributed by atoms with Crippen molar-refractivity contribution < 1.29 is 9.90 Å². The van der Waals surface area contributed by atoms with Crippen LogP contribution >= 0.6 is 0 Å². The van der Waals surface area contributed by atoms with Crippen molar-refractivity contribution in [1.82, 2.24) is 0 Å². The summed E-state index contributed by atoms with van der Waals surface area (Å²) in [6.07, 6.45) is 2.99. The van der Waals surface area contributed by atoms with Crippen molar-refractivity contribution in [3.63, 3.8) is 0 Å². The topological polar surface area (TPSA) is 37.3 Å². The average Bonchev–Trinajstić information content (AvgIpc) is 2.82. The number of carbonyl (C=O) groups is 1. The minimum absolute atomic E-state index is 0.123. The number of ketones is 1. The van der Waals surface area contributed by atoms with Gasteiger partial charge in [0.1, 0.15) is 5.78 Å². The van der Waals surface area contributed by atoms with Crippen LogP contribution in [0.2, 0.25) is 0 Å². The molecule has 0 aromatic heterocycles. The van der Waals surface area contributed by atoms with Crippen LogP contribution in [0, 0.1) is 17.8 Å². The zero-order valence-corrected chi connectivity index (χ0v) is 7.92. The molecule has 70 valence electrons. The van der Waals surface area contributed by atoms with Crippen LogP contribution in [0.15, 0.2) is 0 Å². The molecule has 0 aromatic rings. The van der Waals surface area contributed by atoms with Crippen LogP contribution < -0.4 is 0 Å². The van der Waals surface area contributed by atoms with Crippen molar-refractivity contribution in [2.24, 2.45) is 17.8 Å². The first-order valence-corrected chi connectivity index (χ1v) is 4.78. The maximum absolute atomic E-state index is 11.3. The highest BCUT2D eigenvalue weighted by molar-refractivity contribution is 5.80. The van der Waals surface area contributed by atoms with E-state index in [2.05, 4.69) is 0 Å². The second-order valence-electron chi connectivity index (χ2n) is 4.11. The van der Waals surface area contributed by atoms with Crippen LogP contribution in [0.1, 0.15) is 33.1 Å². The van der Waals surface area contributed by atoms with Gasteiger partial charge in [-0.1, -0.05) is 13.8 Å². The highest BCUT2D eigenvalue weighted by Gasteiger charge is 2.32. The first-order chi connectivity index (χ1) is 5.65. The number of hydrogen-bond acceptors (Lipinski definition) is 2. The molecule has 1 unspecified atom stereocenters. The summed E-state index contributed by atoms with van der Waals surface area (Å²) >= 11 is 0. The van der Waals surface area contributed by atoms with E-state index in [1.54, 1.807) is 0 Å². The van der Waals surface area contributed by atoms with Crippen molar-refractivity contribution >= 4 is 5.78 Å². The average molecular weight is 170 g/mol. The maximum Gasteiger partial charge on any atom is 0.135 e. The molecule has 1 aliphatic carbocycles. The van der Waals surface area contributed by atoms with Crippen molar-refractivity contribution in [2.75, 3.05) is 6.61 Å². The molecule has 0 radical (unpaired) electrons. The predicted octanol–water partition coefficient (Wildman–Crippen LogP) is 1.62. The number of aliphatic hydroxyl groups excluding tert-OH is 1. The van der Waals surface area contributed by atoms with Crippen molar-refractivity contribution in [2.45, 2.75) is 33.1 Å². The third-order valence-electron chi connectivity index (χ3n) is 2.63. The Bertz CT molecular complexity index is 159. The van der Waals surface area contributed by atoms with Gasteiger partial charge in [0.2, 0.25) is 0 Å². The lowest BCUT2D eigenvalue weighted by molar-refractivity contribution is -0.123. The van der Waals surface area contributed by atoms with E-state index in [1.807, 2.05) is 13.8 Å². The first-order valence-electron chi connectivity index (χ1n) is 4.78. The van der Waals surface area contributed by atoms with Gasteiger partial charge >= 0.3 is 0 Å². The fourth-order valence-electron chi connectivity index (χ4n) is 1.44. The third kappa shape index (κ3) is 2.59. The Labute approximate surface area is 74.0 Å². The van der Waals surface area contributed by atoms with E-state index >= 15 is 0 Å². The molecule has 2 heteroatoms. The molecule has 0 heterocycles. The maximum atomic E-state index is 11.3. The van der Waals surface area contributed by atoms with Crippen molar-refractivity contribution in [3.05, 3.63) is 0 Å². The van der Waals surface area contributed by atoms with Crippen LogP contribution in [0.3, 0.4) is 0 Å². The smallest absolute Gasteiger partial charge is 0.135 e. The van der Waals surface area contributed by atoms with Crippen LogP contribution in [-0.4, -0.2) is 17.5 Å². The fourth-order valence-corrected chi connectivity index (χ4v) is 1.44. The Morgan fingerprint density at radius 1 is 1.50 bits per heavy atom. The minimum Gasteiger partial charge on any atom is -0.396 e. The molecule has 1 atom stereocenters. The third-order valence-corrected chi connectivity index (χ3v) is 2.63. The van der Waals surface area contributed by atoms with Crippen molar-refractivity contribution in [3.8, 4) is 0 Å².